The van der Waals surface area contributed by atoms with Crippen LogP contribution >= 0.6 is 11.8 Å². The molecular formula is C27H35N3O4S. The number of thioether (sulfide) groups is 1. The van der Waals surface area contributed by atoms with Crippen molar-refractivity contribution in [1.82, 2.24) is 10.2 Å². The molecule has 2 amide bonds. The molecule has 2 aromatic carbocycles. The summed E-state index contributed by atoms with van der Waals surface area (Å²) >= 11 is 1.66. The summed E-state index contributed by atoms with van der Waals surface area (Å²) in [6.45, 7) is 3.96. The second kappa shape index (κ2) is 12.4. The molecule has 0 bridgehead atoms. The molecule has 0 aliphatic carbocycles. The molecule has 8 heteroatoms. The molecule has 188 valence electrons. The molecule has 0 spiro atoms. The maximum atomic E-state index is 12.8. The number of nitrogens with one attached hydrogen (secondary N) is 1. The monoisotopic (exact) mass is 497 g/mol. The van der Waals surface area contributed by atoms with Gasteiger partial charge in [0.05, 0.1) is 5.92 Å². The number of rotatable bonds is 10. The van der Waals surface area contributed by atoms with Crippen molar-refractivity contribution in [2.75, 3.05) is 51.1 Å². The molecule has 1 N–H and O–H groups in total. The van der Waals surface area contributed by atoms with Crippen molar-refractivity contribution in [1.29, 1.82) is 0 Å². The van der Waals surface area contributed by atoms with Crippen molar-refractivity contribution >= 4 is 29.3 Å². The fourth-order valence-electron chi connectivity index (χ4n) is 4.59. The molecule has 0 saturated carbocycles. The van der Waals surface area contributed by atoms with Crippen LogP contribution in [0.25, 0.3) is 0 Å². The lowest BCUT2D eigenvalue weighted by Crippen LogP contribution is -2.38. The van der Waals surface area contributed by atoms with Gasteiger partial charge in [-0.05, 0) is 68.1 Å². The fourth-order valence-corrected chi connectivity index (χ4v) is 5.00. The van der Waals surface area contributed by atoms with E-state index in [4.69, 9.17) is 9.47 Å². The summed E-state index contributed by atoms with van der Waals surface area (Å²) in [5.74, 6) is 0.352. The zero-order chi connectivity index (χ0) is 24.6. The molecular weight excluding hydrogens is 462 g/mol. The molecule has 0 radical (unpaired) electrons. The number of carbonyl (C=O) groups is 2. The van der Waals surface area contributed by atoms with Crippen molar-refractivity contribution < 1.29 is 19.1 Å². The van der Waals surface area contributed by atoms with Crippen molar-refractivity contribution in [2.45, 2.75) is 36.7 Å². The van der Waals surface area contributed by atoms with Crippen LogP contribution in [0.1, 0.15) is 24.8 Å². The van der Waals surface area contributed by atoms with Crippen molar-refractivity contribution in [3.8, 4) is 5.75 Å². The van der Waals surface area contributed by atoms with Crippen molar-refractivity contribution in [2.24, 2.45) is 5.92 Å². The lowest BCUT2D eigenvalue weighted by atomic mass is 10.1. The van der Waals surface area contributed by atoms with Crippen molar-refractivity contribution in [3.05, 3.63) is 54.1 Å². The molecule has 2 heterocycles. The van der Waals surface area contributed by atoms with Gasteiger partial charge in [0.1, 0.15) is 12.4 Å². The Balaban J connectivity index is 1.23. The molecule has 4 rings (SSSR count). The van der Waals surface area contributed by atoms with E-state index in [0.29, 0.717) is 25.7 Å². The number of nitrogens with zero attached hydrogens (tertiary/aromatic N) is 2. The molecule has 2 aliphatic rings. The van der Waals surface area contributed by atoms with Gasteiger partial charge in [-0.15, -0.1) is 11.8 Å². The Kier molecular flexibility index (Phi) is 9.06. The minimum Gasteiger partial charge on any atom is -0.492 e. The molecule has 1 unspecified atom stereocenters. The van der Waals surface area contributed by atoms with Crippen LogP contribution in [0.4, 0.5) is 5.69 Å². The van der Waals surface area contributed by atoms with Crippen LogP contribution in [-0.2, 0) is 20.9 Å². The Morgan fingerprint density at radius 3 is 2.71 bits per heavy atom. The smallest absolute Gasteiger partial charge is 0.227 e. The number of carbonyl (C=O) groups excluding carboxylic acids is 2. The fraction of sp³-hybridized carbons (Fsp3) is 0.481. The number of likely N-dealkylation sites (N-methyl/N-ethyl adjacent to an activating group) is 1. The lowest BCUT2D eigenvalue weighted by Gasteiger charge is -2.31. The third-order valence-corrected chi connectivity index (χ3v) is 7.52. The molecule has 35 heavy (non-hydrogen) atoms. The van der Waals surface area contributed by atoms with Crippen LogP contribution in [0.5, 0.6) is 5.75 Å². The Hall–Kier alpha value is -2.55. The summed E-state index contributed by atoms with van der Waals surface area (Å²) in [7, 11) is 2.14. The predicted molar refractivity (Wildman–Crippen MR) is 139 cm³/mol. The first kappa shape index (κ1) is 25.5. The van der Waals surface area contributed by atoms with Gasteiger partial charge in [0, 0.05) is 55.9 Å². The number of ether oxygens (including phenoxy) is 2. The highest BCUT2D eigenvalue weighted by Gasteiger charge is 2.35. The minimum atomic E-state index is -0.345. The summed E-state index contributed by atoms with van der Waals surface area (Å²) < 4.78 is 11.4. The Morgan fingerprint density at radius 2 is 1.97 bits per heavy atom. The number of amides is 2. The molecule has 2 aliphatic heterocycles. The Bertz CT molecular complexity index is 994. The molecule has 0 aromatic heterocycles. The quantitative estimate of drug-likeness (QED) is 0.506. The first-order valence-corrected chi connectivity index (χ1v) is 13.5. The number of hydrogen-bond donors (Lipinski definition) is 1. The average Bonchev–Trinajstić information content (AvgIpc) is 3.29. The van der Waals surface area contributed by atoms with Crippen LogP contribution in [-0.4, -0.2) is 69.0 Å². The van der Waals surface area contributed by atoms with Gasteiger partial charge in [-0.3, -0.25) is 14.5 Å². The van der Waals surface area contributed by atoms with Gasteiger partial charge in [0.2, 0.25) is 11.8 Å². The highest BCUT2D eigenvalue weighted by atomic mass is 32.2. The molecule has 7 nitrogen and oxygen atoms in total. The highest BCUT2D eigenvalue weighted by molar-refractivity contribution is 7.98. The van der Waals surface area contributed by atoms with E-state index in [2.05, 4.69) is 17.3 Å². The average molecular weight is 498 g/mol. The van der Waals surface area contributed by atoms with Gasteiger partial charge in [0.25, 0.3) is 0 Å². The van der Waals surface area contributed by atoms with Gasteiger partial charge in [-0.25, -0.2) is 0 Å². The highest BCUT2D eigenvalue weighted by Crippen LogP contribution is 2.27. The Morgan fingerprint density at radius 1 is 1.20 bits per heavy atom. The Labute approximate surface area is 212 Å². The normalized spacial score (nSPS) is 18.8. The van der Waals surface area contributed by atoms with Gasteiger partial charge >= 0.3 is 0 Å². The first-order chi connectivity index (χ1) is 17.0. The third-order valence-electron chi connectivity index (χ3n) is 6.77. The molecule has 2 aromatic rings. The van der Waals surface area contributed by atoms with Gasteiger partial charge in [-0.1, -0.05) is 12.1 Å². The van der Waals surface area contributed by atoms with E-state index >= 15 is 0 Å². The van der Waals surface area contributed by atoms with Gasteiger partial charge < -0.3 is 19.7 Å². The standard InChI is InChI=1S/C27H35N3O4S/c1-29(22-10-13-33-14-11-22)12-15-34-24-5-3-4-20(16-24)18-28-27(32)21-17-26(31)30(19-21)23-6-8-25(35-2)9-7-23/h3-9,16,21-22H,10-15,17-19H2,1-2H3,(H,28,32). The molecule has 2 fully saturated rings. The first-order valence-electron chi connectivity index (χ1n) is 12.3. The van der Waals surface area contributed by atoms with Gasteiger partial charge in [0.15, 0.2) is 0 Å². The van der Waals surface area contributed by atoms with E-state index in [1.807, 2.05) is 54.8 Å². The van der Waals surface area contributed by atoms with Crippen LogP contribution in [0.2, 0.25) is 0 Å². The van der Waals surface area contributed by atoms with E-state index in [0.717, 1.165) is 54.5 Å². The van der Waals surface area contributed by atoms with E-state index in [1.54, 1.807) is 16.7 Å². The van der Waals surface area contributed by atoms with Crippen LogP contribution in [0.3, 0.4) is 0 Å². The minimum absolute atomic E-state index is 0.0110. The van der Waals surface area contributed by atoms with Crippen LogP contribution in [0.15, 0.2) is 53.4 Å². The van der Waals surface area contributed by atoms with E-state index in [9.17, 15) is 9.59 Å². The summed E-state index contributed by atoms with van der Waals surface area (Å²) in [6, 6.07) is 16.3. The van der Waals surface area contributed by atoms with Crippen LogP contribution in [0, 0.1) is 5.92 Å². The number of benzene rings is 2. The zero-order valence-corrected chi connectivity index (χ0v) is 21.4. The van der Waals surface area contributed by atoms with Crippen molar-refractivity contribution in [3.63, 3.8) is 0 Å². The number of hydrogen-bond acceptors (Lipinski definition) is 6. The maximum absolute atomic E-state index is 12.8. The largest absolute Gasteiger partial charge is 0.492 e. The van der Waals surface area contributed by atoms with Gasteiger partial charge in [-0.2, -0.15) is 0 Å². The summed E-state index contributed by atoms with van der Waals surface area (Å²) in [4.78, 5) is 30.5. The zero-order valence-electron chi connectivity index (χ0n) is 20.6. The summed E-state index contributed by atoms with van der Waals surface area (Å²) in [6.07, 6.45) is 4.39. The molecule has 1 atom stereocenters. The maximum Gasteiger partial charge on any atom is 0.227 e. The van der Waals surface area contributed by atoms with E-state index in [-0.39, 0.29) is 24.2 Å². The summed E-state index contributed by atoms with van der Waals surface area (Å²) in [5, 5.41) is 3.00. The van der Waals surface area contributed by atoms with E-state index in [1.165, 1.54) is 0 Å². The summed E-state index contributed by atoms with van der Waals surface area (Å²) in [5.41, 5.74) is 1.82. The lowest BCUT2D eigenvalue weighted by molar-refractivity contribution is -0.126. The topological polar surface area (TPSA) is 71.1 Å². The molecule has 2 saturated heterocycles. The predicted octanol–water partition coefficient (Wildman–Crippen LogP) is 3.57. The van der Waals surface area contributed by atoms with E-state index < -0.39 is 0 Å². The third kappa shape index (κ3) is 6.99. The number of anilines is 1. The second-order valence-corrected chi connectivity index (χ2v) is 10.0. The SMILES string of the molecule is CSc1ccc(N2CC(C(=O)NCc3cccc(OCCN(C)C4CCOCC4)c3)CC2=O)cc1. The van der Waals surface area contributed by atoms with Crippen LogP contribution < -0.4 is 15.0 Å². The second-order valence-electron chi connectivity index (χ2n) is 9.14.